The molecule has 19 heavy (non-hydrogen) atoms. The lowest BCUT2D eigenvalue weighted by Crippen LogP contribution is -2.34. The molecule has 1 rings (SSSR count). The normalized spacial score (nSPS) is 10.7. The molecular formula is C14H24N4O. The smallest absolute Gasteiger partial charge is 0.252 e. The van der Waals surface area contributed by atoms with Crippen LogP contribution in [0, 0.1) is 0 Å². The summed E-state index contributed by atoms with van der Waals surface area (Å²) in [5.41, 5.74) is 11.9. The fraction of sp³-hybridized carbons (Fsp3) is 0.571. The molecular weight excluding hydrogens is 240 g/mol. The number of nitrogen functional groups attached to an aromatic ring is 1. The minimum Gasteiger partial charge on any atom is -0.397 e. The largest absolute Gasteiger partial charge is 0.397 e. The van der Waals surface area contributed by atoms with E-state index in [1.165, 1.54) is 0 Å². The Hall–Kier alpha value is -1.78. The van der Waals surface area contributed by atoms with Crippen LogP contribution in [0.25, 0.3) is 0 Å². The Morgan fingerprint density at radius 1 is 1.42 bits per heavy atom. The van der Waals surface area contributed by atoms with Gasteiger partial charge in [0.25, 0.3) is 5.91 Å². The van der Waals surface area contributed by atoms with Crippen molar-refractivity contribution in [2.45, 2.75) is 46.1 Å². The Balaban J connectivity index is 3.04. The fourth-order valence-electron chi connectivity index (χ4n) is 2.02. The number of anilines is 2. The second-order valence-electron chi connectivity index (χ2n) is 5.00. The van der Waals surface area contributed by atoms with Gasteiger partial charge in [-0.05, 0) is 26.3 Å². The minimum atomic E-state index is -0.490. The van der Waals surface area contributed by atoms with E-state index in [1.54, 1.807) is 12.3 Å². The summed E-state index contributed by atoms with van der Waals surface area (Å²) < 4.78 is 0. The highest BCUT2D eigenvalue weighted by Crippen LogP contribution is 2.22. The van der Waals surface area contributed by atoms with Crippen molar-refractivity contribution >= 4 is 17.4 Å². The highest BCUT2D eigenvalue weighted by atomic mass is 16.1. The molecule has 1 aromatic rings. The number of hydrogen-bond donors (Lipinski definition) is 2. The SMILES string of the molecule is CCCCCN(c1ncc(N)cc1C(N)=O)C(C)C. The van der Waals surface area contributed by atoms with Gasteiger partial charge in [-0.25, -0.2) is 4.98 Å². The summed E-state index contributed by atoms with van der Waals surface area (Å²) in [4.78, 5) is 17.9. The van der Waals surface area contributed by atoms with Gasteiger partial charge in [0.05, 0.1) is 17.4 Å². The number of aromatic nitrogens is 1. The molecule has 106 valence electrons. The Labute approximate surface area is 115 Å². The van der Waals surface area contributed by atoms with E-state index in [9.17, 15) is 4.79 Å². The van der Waals surface area contributed by atoms with Gasteiger partial charge in [-0.2, -0.15) is 0 Å². The topological polar surface area (TPSA) is 85.2 Å². The number of unbranched alkanes of at least 4 members (excludes halogenated alkanes) is 2. The minimum absolute atomic E-state index is 0.256. The lowest BCUT2D eigenvalue weighted by Gasteiger charge is -2.29. The maximum atomic E-state index is 11.5. The van der Waals surface area contributed by atoms with Crippen LogP contribution in [0.2, 0.25) is 0 Å². The lowest BCUT2D eigenvalue weighted by molar-refractivity contribution is 0.100. The maximum absolute atomic E-state index is 11.5. The van der Waals surface area contributed by atoms with E-state index in [0.29, 0.717) is 17.1 Å². The van der Waals surface area contributed by atoms with Crippen molar-refractivity contribution < 1.29 is 4.79 Å². The Bertz CT molecular complexity index is 431. The molecule has 0 spiro atoms. The number of nitrogens with two attached hydrogens (primary N) is 2. The Morgan fingerprint density at radius 2 is 2.11 bits per heavy atom. The van der Waals surface area contributed by atoms with Crippen molar-refractivity contribution in [3.63, 3.8) is 0 Å². The molecule has 0 saturated carbocycles. The first-order valence-electron chi connectivity index (χ1n) is 6.79. The average Bonchev–Trinajstić information content (AvgIpc) is 2.35. The lowest BCUT2D eigenvalue weighted by atomic mass is 10.1. The van der Waals surface area contributed by atoms with Crippen LogP contribution in [0.4, 0.5) is 11.5 Å². The third-order valence-corrected chi connectivity index (χ3v) is 3.05. The first kappa shape index (κ1) is 15.3. The molecule has 0 aliphatic carbocycles. The Morgan fingerprint density at radius 3 is 2.63 bits per heavy atom. The summed E-state index contributed by atoms with van der Waals surface area (Å²) >= 11 is 0. The van der Waals surface area contributed by atoms with Crippen LogP contribution in [-0.2, 0) is 0 Å². The van der Waals surface area contributed by atoms with Crippen LogP contribution in [0.1, 0.15) is 50.4 Å². The second kappa shape index (κ2) is 6.97. The molecule has 0 radical (unpaired) electrons. The third-order valence-electron chi connectivity index (χ3n) is 3.05. The Kier molecular flexibility index (Phi) is 5.60. The predicted molar refractivity (Wildman–Crippen MR) is 79.2 cm³/mol. The summed E-state index contributed by atoms with van der Waals surface area (Å²) in [6, 6.07) is 1.85. The number of nitrogens with zero attached hydrogens (tertiary/aromatic N) is 2. The maximum Gasteiger partial charge on any atom is 0.252 e. The molecule has 5 nitrogen and oxygen atoms in total. The number of amides is 1. The van der Waals surface area contributed by atoms with Crippen molar-refractivity contribution in [3.8, 4) is 0 Å². The van der Waals surface area contributed by atoms with Crippen LogP contribution in [0.15, 0.2) is 12.3 Å². The van der Waals surface area contributed by atoms with Gasteiger partial charge in [-0.15, -0.1) is 0 Å². The molecule has 1 heterocycles. The van der Waals surface area contributed by atoms with Gasteiger partial charge in [0, 0.05) is 12.6 Å². The number of carbonyl (C=O) groups is 1. The summed E-state index contributed by atoms with van der Waals surface area (Å²) in [7, 11) is 0. The standard InChI is InChI=1S/C14H24N4O/c1-4-5-6-7-18(10(2)3)14-12(13(16)19)8-11(15)9-17-14/h8-10H,4-7,15H2,1-3H3,(H2,16,19). The van der Waals surface area contributed by atoms with Gasteiger partial charge in [0.1, 0.15) is 5.82 Å². The first-order chi connectivity index (χ1) is 8.97. The molecule has 0 atom stereocenters. The molecule has 0 fully saturated rings. The van der Waals surface area contributed by atoms with Crippen molar-refractivity contribution in [1.82, 2.24) is 4.98 Å². The van der Waals surface area contributed by atoms with E-state index in [2.05, 4.69) is 30.7 Å². The molecule has 0 aliphatic rings. The van der Waals surface area contributed by atoms with Crippen LogP contribution in [0.5, 0.6) is 0 Å². The van der Waals surface area contributed by atoms with Gasteiger partial charge in [0.15, 0.2) is 0 Å². The van der Waals surface area contributed by atoms with E-state index >= 15 is 0 Å². The molecule has 0 aliphatic heterocycles. The molecule has 0 saturated heterocycles. The van der Waals surface area contributed by atoms with Crippen molar-refractivity contribution in [2.75, 3.05) is 17.2 Å². The molecule has 0 bridgehead atoms. The quantitative estimate of drug-likeness (QED) is 0.739. The van der Waals surface area contributed by atoms with Crippen molar-refractivity contribution in [1.29, 1.82) is 0 Å². The first-order valence-corrected chi connectivity index (χ1v) is 6.79. The molecule has 1 aromatic heterocycles. The van der Waals surface area contributed by atoms with Gasteiger partial charge >= 0.3 is 0 Å². The van der Waals surface area contributed by atoms with Crippen LogP contribution >= 0.6 is 0 Å². The van der Waals surface area contributed by atoms with Crippen molar-refractivity contribution in [2.24, 2.45) is 5.73 Å². The number of pyridine rings is 1. The number of carbonyl (C=O) groups excluding carboxylic acids is 1. The van der Waals surface area contributed by atoms with Crippen LogP contribution in [-0.4, -0.2) is 23.5 Å². The molecule has 5 heteroatoms. The average molecular weight is 264 g/mol. The van der Waals surface area contributed by atoms with E-state index in [-0.39, 0.29) is 6.04 Å². The number of hydrogen-bond acceptors (Lipinski definition) is 4. The summed E-state index contributed by atoms with van der Waals surface area (Å²) in [6.45, 7) is 7.18. The van der Waals surface area contributed by atoms with E-state index in [1.807, 2.05) is 0 Å². The summed E-state index contributed by atoms with van der Waals surface area (Å²) in [5, 5.41) is 0. The highest BCUT2D eigenvalue weighted by molar-refractivity contribution is 5.98. The van der Waals surface area contributed by atoms with E-state index in [0.717, 1.165) is 25.8 Å². The molecule has 0 unspecified atom stereocenters. The van der Waals surface area contributed by atoms with Gasteiger partial charge in [-0.3, -0.25) is 4.79 Å². The second-order valence-corrected chi connectivity index (χ2v) is 5.00. The van der Waals surface area contributed by atoms with Gasteiger partial charge in [-0.1, -0.05) is 19.8 Å². The van der Waals surface area contributed by atoms with E-state index < -0.39 is 5.91 Å². The van der Waals surface area contributed by atoms with Crippen molar-refractivity contribution in [3.05, 3.63) is 17.8 Å². The molecule has 0 aromatic carbocycles. The summed E-state index contributed by atoms with van der Waals surface area (Å²) in [5.74, 6) is 0.142. The highest BCUT2D eigenvalue weighted by Gasteiger charge is 2.18. The predicted octanol–water partition coefficient (Wildman–Crippen LogP) is 2.17. The van der Waals surface area contributed by atoms with E-state index in [4.69, 9.17) is 11.5 Å². The zero-order chi connectivity index (χ0) is 14.4. The van der Waals surface area contributed by atoms with Gasteiger partial charge in [0.2, 0.25) is 0 Å². The number of primary amides is 1. The summed E-state index contributed by atoms with van der Waals surface area (Å²) in [6.07, 6.45) is 4.95. The fourth-order valence-corrected chi connectivity index (χ4v) is 2.02. The van der Waals surface area contributed by atoms with Crippen LogP contribution in [0.3, 0.4) is 0 Å². The molecule has 1 amide bonds. The number of rotatable bonds is 7. The molecule has 4 N–H and O–H groups in total. The monoisotopic (exact) mass is 264 g/mol. The zero-order valence-corrected chi connectivity index (χ0v) is 12.0. The van der Waals surface area contributed by atoms with Crippen LogP contribution < -0.4 is 16.4 Å². The zero-order valence-electron chi connectivity index (χ0n) is 12.0. The van der Waals surface area contributed by atoms with Gasteiger partial charge < -0.3 is 16.4 Å². The third kappa shape index (κ3) is 4.12.